The highest BCUT2D eigenvalue weighted by Gasteiger charge is 2.33. The van der Waals surface area contributed by atoms with Crippen LogP contribution in [0.3, 0.4) is 0 Å². The van der Waals surface area contributed by atoms with Crippen molar-refractivity contribution in [3.05, 3.63) is 34.9 Å². The number of likely N-dealkylation sites (tertiary alicyclic amines) is 1. The van der Waals surface area contributed by atoms with E-state index in [2.05, 4.69) is 36.9 Å². The second-order valence-electron chi connectivity index (χ2n) is 7.22. The van der Waals surface area contributed by atoms with Crippen molar-refractivity contribution in [1.29, 1.82) is 0 Å². The third-order valence-corrected chi connectivity index (χ3v) is 5.61. The van der Waals surface area contributed by atoms with Crippen molar-refractivity contribution < 1.29 is 0 Å². The lowest BCUT2D eigenvalue weighted by Gasteiger charge is -2.45. The van der Waals surface area contributed by atoms with Gasteiger partial charge in [0.15, 0.2) is 0 Å². The van der Waals surface area contributed by atoms with Gasteiger partial charge < -0.3 is 5.73 Å². The van der Waals surface area contributed by atoms with Crippen LogP contribution in [0.4, 0.5) is 0 Å². The van der Waals surface area contributed by atoms with E-state index in [1.807, 2.05) is 0 Å². The molecule has 3 rings (SSSR count). The normalized spacial score (nSPS) is 28.1. The van der Waals surface area contributed by atoms with Crippen LogP contribution >= 0.6 is 0 Å². The lowest BCUT2D eigenvalue weighted by molar-refractivity contribution is 0.0561. The Morgan fingerprint density at radius 2 is 1.90 bits per heavy atom. The smallest absolute Gasteiger partial charge is 0.0427 e. The largest absolute Gasteiger partial charge is 0.323 e. The molecule has 1 saturated carbocycles. The Balaban J connectivity index is 1.69. The summed E-state index contributed by atoms with van der Waals surface area (Å²) in [7, 11) is 0. The maximum atomic E-state index is 6.56. The minimum Gasteiger partial charge on any atom is -0.323 e. The molecular weight excluding hydrogens is 256 g/mol. The molecule has 1 unspecified atom stereocenters. The van der Waals surface area contributed by atoms with E-state index in [0.29, 0.717) is 0 Å². The molecule has 0 radical (unpaired) electrons. The molecule has 2 fully saturated rings. The zero-order valence-corrected chi connectivity index (χ0v) is 13.6. The molecule has 1 aromatic carbocycles. The molecule has 1 aliphatic carbocycles. The number of benzene rings is 1. The molecule has 0 bridgehead atoms. The number of piperidine rings is 1. The number of nitrogens with two attached hydrogens (primary N) is 1. The summed E-state index contributed by atoms with van der Waals surface area (Å²) in [4.78, 5) is 2.71. The summed E-state index contributed by atoms with van der Waals surface area (Å²) in [5.41, 5.74) is 10.6. The highest BCUT2D eigenvalue weighted by Crippen LogP contribution is 2.36. The number of fused-ring (bicyclic) bond motifs is 1. The van der Waals surface area contributed by atoms with Gasteiger partial charge in [-0.3, -0.25) is 4.90 Å². The molecule has 116 valence electrons. The number of nitrogens with zero attached hydrogens (tertiary/aromatic N) is 1. The van der Waals surface area contributed by atoms with Gasteiger partial charge in [0.25, 0.3) is 0 Å². The average molecular weight is 286 g/mol. The summed E-state index contributed by atoms with van der Waals surface area (Å²) in [5.74, 6) is 0.943. The molecule has 0 spiro atoms. The molecule has 1 saturated heterocycles. The van der Waals surface area contributed by atoms with E-state index < -0.39 is 0 Å². The molecule has 0 aromatic heterocycles. The maximum absolute atomic E-state index is 6.56. The Labute approximate surface area is 129 Å². The van der Waals surface area contributed by atoms with E-state index in [9.17, 15) is 0 Å². The summed E-state index contributed by atoms with van der Waals surface area (Å²) in [6.07, 6.45) is 8.50. The zero-order chi connectivity index (χ0) is 14.8. The lowest BCUT2D eigenvalue weighted by Crippen LogP contribution is -2.49. The Hall–Kier alpha value is -0.860. The first-order valence-electron chi connectivity index (χ1n) is 8.72. The third-order valence-electron chi connectivity index (χ3n) is 5.61. The molecule has 0 amide bonds. The van der Waals surface area contributed by atoms with E-state index in [1.54, 1.807) is 0 Å². The Bertz CT molecular complexity index is 480. The molecule has 1 heterocycles. The van der Waals surface area contributed by atoms with Gasteiger partial charge in [0.05, 0.1) is 0 Å². The molecule has 3 atom stereocenters. The van der Waals surface area contributed by atoms with Gasteiger partial charge in [-0.05, 0) is 63.1 Å². The van der Waals surface area contributed by atoms with Gasteiger partial charge >= 0.3 is 0 Å². The molecule has 2 nitrogen and oxygen atoms in total. The van der Waals surface area contributed by atoms with Crippen LogP contribution < -0.4 is 5.73 Å². The number of rotatable bonds is 3. The Morgan fingerprint density at radius 1 is 1.14 bits per heavy atom. The summed E-state index contributed by atoms with van der Waals surface area (Å²) in [6, 6.07) is 7.66. The van der Waals surface area contributed by atoms with E-state index in [0.717, 1.165) is 18.5 Å². The Morgan fingerprint density at radius 3 is 2.71 bits per heavy atom. The third kappa shape index (κ3) is 3.32. The minimum atomic E-state index is 0.159. The van der Waals surface area contributed by atoms with Crippen molar-refractivity contribution in [2.24, 2.45) is 11.7 Å². The van der Waals surface area contributed by atoms with Crippen LogP contribution in [-0.2, 0) is 0 Å². The zero-order valence-electron chi connectivity index (χ0n) is 13.6. The SMILES string of the molecule is Cc1ccc(C(N)CN2CCC[C@H]3CCCC[C@H]32)c(C)c1. The van der Waals surface area contributed by atoms with Gasteiger partial charge in [-0.1, -0.05) is 36.6 Å². The first-order valence-corrected chi connectivity index (χ1v) is 8.72. The topological polar surface area (TPSA) is 29.3 Å². The van der Waals surface area contributed by atoms with Crippen molar-refractivity contribution in [3.8, 4) is 0 Å². The molecular formula is C19H30N2. The minimum absolute atomic E-state index is 0.159. The second kappa shape index (κ2) is 6.50. The maximum Gasteiger partial charge on any atom is 0.0427 e. The Kier molecular flexibility index (Phi) is 4.66. The summed E-state index contributed by atoms with van der Waals surface area (Å²) in [5, 5.41) is 0. The van der Waals surface area contributed by atoms with Gasteiger partial charge in [0.1, 0.15) is 0 Å². The number of aryl methyl sites for hydroxylation is 2. The van der Waals surface area contributed by atoms with Crippen LogP contribution in [0.15, 0.2) is 18.2 Å². The molecule has 1 aromatic rings. The van der Waals surface area contributed by atoms with Crippen LogP contribution in [0.25, 0.3) is 0 Å². The van der Waals surface area contributed by atoms with E-state index in [1.165, 1.54) is 61.8 Å². The lowest BCUT2D eigenvalue weighted by atomic mass is 9.78. The number of hydrogen-bond donors (Lipinski definition) is 1. The molecule has 2 N–H and O–H groups in total. The van der Waals surface area contributed by atoms with Crippen molar-refractivity contribution in [2.45, 2.75) is 64.5 Å². The first kappa shape index (κ1) is 15.1. The summed E-state index contributed by atoms with van der Waals surface area (Å²) >= 11 is 0. The van der Waals surface area contributed by atoms with Gasteiger partial charge in [-0.25, -0.2) is 0 Å². The molecule has 21 heavy (non-hydrogen) atoms. The fourth-order valence-electron chi connectivity index (χ4n) is 4.55. The quantitative estimate of drug-likeness (QED) is 0.911. The van der Waals surface area contributed by atoms with Crippen molar-refractivity contribution >= 4 is 0 Å². The van der Waals surface area contributed by atoms with Gasteiger partial charge in [0, 0.05) is 18.6 Å². The van der Waals surface area contributed by atoms with Crippen LogP contribution in [0, 0.1) is 19.8 Å². The molecule has 2 aliphatic rings. The number of hydrogen-bond acceptors (Lipinski definition) is 2. The standard InChI is InChI=1S/C19H30N2/c1-14-9-10-17(15(2)12-14)18(20)13-21-11-5-7-16-6-3-4-8-19(16)21/h9-10,12,16,18-19H,3-8,11,13,20H2,1-2H3/t16-,18?,19-/m1/s1. The van der Waals surface area contributed by atoms with E-state index in [4.69, 9.17) is 5.73 Å². The van der Waals surface area contributed by atoms with Crippen molar-refractivity contribution in [1.82, 2.24) is 4.90 Å². The van der Waals surface area contributed by atoms with Crippen molar-refractivity contribution in [2.75, 3.05) is 13.1 Å². The van der Waals surface area contributed by atoms with Crippen LogP contribution in [0.5, 0.6) is 0 Å². The van der Waals surface area contributed by atoms with Gasteiger partial charge in [-0.2, -0.15) is 0 Å². The van der Waals surface area contributed by atoms with Crippen LogP contribution in [0.1, 0.15) is 61.3 Å². The van der Waals surface area contributed by atoms with Gasteiger partial charge in [0.2, 0.25) is 0 Å². The van der Waals surface area contributed by atoms with Gasteiger partial charge in [-0.15, -0.1) is 0 Å². The highest BCUT2D eigenvalue weighted by molar-refractivity contribution is 5.32. The molecule has 2 heteroatoms. The highest BCUT2D eigenvalue weighted by atomic mass is 15.2. The van der Waals surface area contributed by atoms with E-state index in [-0.39, 0.29) is 6.04 Å². The average Bonchev–Trinajstić information content (AvgIpc) is 2.47. The van der Waals surface area contributed by atoms with E-state index >= 15 is 0 Å². The fourth-order valence-corrected chi connectivity index (χ4v) is 4.55. The predicted molar refractivity (Wildman–Crippen MR) is 89.4 cm³/mol. The van der Waals surface area contributed by atoms with Crippen LogP contribution in [0.2, 0.25) is 0 Å². The summed E-state index contributed by atoms with van der Waals surface area (Å²) in [6.45, 7) is 6.63. The predicted octanol–water partition coefficient (Wildman–Crippen LogP) is 3.96. The first-order chi connectivity index (χ1) is 10.1. The molecule has 1 aliphatic heterocycles. The summed E-state index contributed by atoms with van der Waals surface area (Å²) < 4.78 is 0. The van der Waals surface area contributed by atoms with Crippen molar-refractivity contribution in [3.63, 3.8) is 0 Å². The fraction of sp³-hybridized carbons (Fsp3) is 0.684. The second-order valence-corrected chi connectivity index (χ2v) is 7.22. The monoisotopic (exact) mass is 286 g/mol. The van der Waals surface area contributed by atoms with Crippen LogP contribution in [-0.4, -0.2) is 24.0 Å².